The van der Waals surface area contributed by atoms with Crippen LogP contribution >= 0.6 is 0 Å². The van der Waals surface area contributed by atoms with E-state index in [9.17, 15) is 0 Å². The SMILES string of the molecule is CCN(CC1CCCO1)C(C)CCNC. The van der Waals surface area contributed by atoms with E-state index >= 15 is 0 Å². The van der Waals surface area contributed by atoms with Crippen LogP contribution in [0, 0.1) is 0 Å². The highest BCUT2D eigenvalue weighted by atomic mass is 16.5. The quantitative estimate of drug-likeness (QED) is 0.695. The minimum Gasteiger partial charge on any atom is -0.377 e. The first kappa shape index (κ1) is 12.9. The molecule has 1 N–H and O–H groups in total. The Balaban J connectivity index is 2.26. The highest BCUT2D eigenvalue weighted by Crippen LogP contribution is 2.15. The van der Waals surface area contributed by atoms with E-state index < -0.39 is 0 Å². The molecule has 0 aliphatic carbocycles. The molecule has 2 atom stereocenters. The van der Waals surface area contributed by atoms with Crippen LogP contribution in [0.25, 0.3) is 0 Å². The minimum absolute atomic E-state index is 0.488. The fourth-order valence-electron chi connectivity index (χ4n) is 2.21. The molecular formula is C12H26N2O. The fourth-order valence-corrected chi connectivity index (χ4v) is 2.21. The van der Waals surface area contributed by atoms with Gasteiger partial charge in [0.15, 0.2) is 0 Å². The Bertz CT molecular complexity index is 158. The van der Waals surface area contributed by atoms with Gasteiger partial charge in [0, 0.05) is 19.2 Å². The third kappa shape index (κ3) is 4.49. The van der Waals surface area contributed by atoms with E-state index in [0.29, 0.717) is 12.1 Å². The van der Waals surface area contributed by atoms with Crippen LogP contribution in [0.15, 0.2) is 0 Å². The zero-order valence-electron chi connectivity index (χ0n) is 10.5. The second kappa shape index (κ2) is 7.20. The molecule has 0 aromatic heterocycles. The molecule has 3 heteroatoms. The molecule has 90 valence electrons. The molecule has 1 rings (SSSR count). The number of likely N-dealkylation sites (N-methyl/N-ethyl adjacent to an activating group) is 1. The summed E-state index contributed by atoms with van der Waals surface area (Å²) in [5.74, 6) is 0. The van der Waals surface area contributed by atoms with Gasteiger partial charge in [0.25, 0.3) is 0 Å². The molecule has 0 bridgehead atoms. The number of hydrogen-bond acceptors (Lipinski definition) is 3. The molecule has 0 radical (unpaired) electrons. The molecule has 2 unspecified atom stereocenters. The van der Waals surface area contributed by atoms with E-state index in [-0.39, 0.29) is 0 Å². The van der Waals surface area contributed by atoms with Crippen LogP contribution in [-0.2, 0) is 4.74 Å². The summed E-state index contributed by atoms with van der Waals surface area (Å²) in [6.07, 6.45) is 4.20. The smallest absolute Gasteiger partial charge is 0.0702 e. The molecule has 1 saturated heterocycles. The van der Waals surface area contributed by atoms with E-state index in [4.69, 9.17) is 4.74 Å². The van der Waals surface area contributed by atoms with Gasteiger partial charge < -0.3 is 10.1 Å². The topological polar surface area (TPSA) is 24.5 Å². The first-order valence-corrected chi connectivity index (χ1v) is 6.28. The van der Waals surface area contributed by atoms with Gasteiger partial charge in [0.05, 0.1) is 6.10 Å². The van der Waals surface area contributed by atoms with Gasteiger partial charge in [-0.25, -0.2) is 0 Å². The second-order valence-corrected chi connectivity index (χ2v) is 4.46. The lowest BCUT2D eigenvalue weighted by Crippen LogP contribution is -2.39. The lowest BCUT2D eigenvalue weighted by Gasteiger charge is -2.29. The molecule has 0 aromatic rings. The summed E-state index contributed by atoms with van der Waals surface area (Å²) in [5, 5.41) is 3.21. The standard InChI is InChI=1S/C12H26N2O/c1-4-14(11(2)7-8-13-3)10-12-6-5-9-15-12/h11-13H,4-10H2,1-3H3. The van der Waals surface area contributed by atoms with Crippen molar-refractivity contribution in [2.24, 2.45) is 0 Å². The highest BCUT2D eigenvalue weighted by molar-refractivity contribution is 4.74. The molecule has 0 spiro atoms. The number of ether oxygens (including phenoxy) is 1. The molecule has 0 saturated carbocycles. The van der Waals surface area contributed by atoms with Crippen LogP contribution < -0.4 is 5.32 Å². The Hall–Kier alpha value is -0.120. The number of nitrogens with one attached hydrogen (secondary N) is 1. The van der Waals surface area contributed by atoms with E-state index in [2.05, 4.69) is 24.1 Å². The first-order chi connectivity index (χ1) is 7.27. The lowest BCUT2D eigenvalue weighted by atomic mass is 10.1. The predicted octanol–water partition coefficient (Wildman–Crippen LogP) is 1.49. The highest BCUT2D eigenvalue weighted by Gasteiger charge is 2.20. The number of rotatable bonds is 7. The third-order valence-corrected chi connectivity index (χ3v) is 3.30. The van der Waals surface area contributed by atoms with Gasteiger partial charge in [-0.05, 0) is 46.3 Å². The van der Waals surface area contributed by atoms with E-state index in [1.807, 2.05) is 7.05 Å². The Morgan fingerprint density at radius 3 is 2.87 bits per heavy atom. The summed E-state index contributed by atoms with van der Waals surface area (Å²) < 4.78 is 5.68. The van der Waals surface area contributed by atoms with Crippen molar-refractivity contribution in [3.05, 3.63) is 0 Å². The zero-order chi connectivity index (χ0) is 11.1. The largest absolute Gasteiger partial charge is 0.377 e. The molecule has 15 heavy (non-hydrogen) atoms. The van der Waals surface area contributed by atoms with Gasteiger partial charge >= 0.3 is 0 Å². The van der Waals surface area contributed by atoms with Crippen LogP contribution in [0.2, 0.25) is 0 Å². The third-order valence-electron chi connectivity index (χ3n) is 3.30. The van der Waals surface area contributed by atoms with Gasteiger partial charge in [-0.15, -0.1) is 0 Å². The first-order valence-electron chi connectivity index (χ1n) is 6.28. The average molecular weight is 214 g/mol. The lowest BCUT2D eigenvalue weighted by molar-refractivity contribution is 0.0606. The minimum atomic E-state index is 0.488. The molecule has 1 aliphatic rings. The summed E-state index contributed by atoms with van der Waals surface area (Å²) in [6.45, 7) is 8.86. The van der Waals surface area contributed by atoms with E-state index in [1.54, 1.807) is 0 Å². The molecule has 1 heterocycles. The van der Waals surface area contributed by atoms with Crippen LogP contribution in [0.4, 0.5) is 0 Å². The normalized spacial score (nSPS) is 23.6. The maximum Gasteiger partial charge on any atom is 0.0702 e. The monoisotopic (exact) mass is 214 g/mol. The number of nitrogens with zero attached hydrogens (tertiary/aromatic N) is 1. The number of hydrogen-bond donors (Lipinski definition) is 1. The Morgan fingerprint density at radius 1 is 1.53 bits per heavy atom. The van der Waals surface area contributed by atoms with Crippen molar-refractivity contribution in [1.82, 2.24) is 10.2 Å². The Labute approximate surface area is 94.2 Å². The van der Waals surface area contributed by atoms with Crippen LogP contribution in [0.1, 0.15) is 33.1 Å². The summed E-state index contributed by atoms with van der Waals surface area (Å²) in [4.78, 5) is 2.54. The van der Waals surface area contributed by atoms with Crippen molar-refractivity contribution in [3.8, 4) is 0 Å². The second-order valence-electron chi connectivity index (χ2n) is 4.46. The van der Waals surface area contributed by atoms with Crippen molar-refractivity contribution in [2.45, 2.75) is 45.3 Å². The zero-order valence-corrected chi connectivity index (χ0v) is 10.5. The van der Waals surface area contributed by atoms with Gasteiger partial charge in [0.2, 0.25) is 0 Å². The predicted molar refractivity (Wildman–Crippen MR) is 64.2 cm³/mol. The van der Waals surface area contributed by atoms with Crippen LogP contribution in [0.3, 0.4) is 0 Å². The summed E-state index contributed by atoms with van der Waals surface area (Å²) in [6, 6.07) is 0.659. The maximum atomic E-state index is 5.68. The van der Waals surface area contributed by atoms with Crippen molar-refractivity contribution < 1.29 is 4.74 Å². The van der Waals surface area contributed by atoms with Gasteiger partial charge in [-0.2, -0.15) is 0 Å². The van der Waals surface area contributed by atoms with E-state index in [0.717, 1.165) is 26.2 Å². The van der Waals surface area contributed by atoms with Crippen molar-refractivity contribution in [1.29, 1.82) is 0 Å². The van der Waals surface area contributed by atoms with Crippen LogP contribution in [0.5, 0.6) is 0 Å². The Morgan fingerprint density at radius 2 is 2.33 bits per heavy atom. The Kier molecular flexibility index (Phi) is 6.22. The van der Waals surface area contributed by atoms with Crippen molar-refractivity contribution >= 4 is 0 Å². The molecule has 1 fully saturated rings. The van der Waals surface area contributed by atoms with E-state index in [1.165, 1.54) is 19.3 Å². The van der Waals surface area contributed by atoms with Crippen molar-refractivity contribution in [2.75, 3.05) is 33.3 Å². The van der Waals surface area contributed by atoms with Gasteiger partial charge in [0.1, 0.15) is 0 Å². The molecule has 1 aliphatic heterocycles. The molecule has 0 aromatic carbocycles. The van der Waals surface area contributed by atoms with Gasteiger partial charge in [-0.1, -0.05) is 6.92 Å². The molecular weight excluding hydrogens is 188 g/mol. The summed E-state index contributed by atoms with van der Waals surface area (Å²) >= 11 is 0. The van der Waals surface area contributed by atoms with Crippen LogP contribution in [-0.4, -0.2) is 50.3 Å². The van der Waals surface area contributed by atoms with Crippen molar-refractivity contribution in [3.63, 3.8) is 0 Å². The molecule has 0 amide bonds. The summed E-state index contributed by atoms with van der Waals surface area (Å²) in [7, 11) is 2.02. The molecule has 3 nitrogen and oxygen atoms in total. The maximum absolute atomic E-state index is 5.68. The fraction of sp³-hybridized carbons (Fsp3) is 1.00. The summed E-state index contributed by atoms with van der Waals surface area (Å²) in [5.41, 5.74) is 0. The van der Waals surface area contributed by atoms with Gasteiger partial charge in [-0.3, -0.25) is 4.90 Å². The average Bonchev–Trinajstić information content (AvgIpc) is 2.75.